The zero-order valence-corrected chi connectivity index (χ0v) is 9.30. The summed E-state index contributed by atoms with van der Waals surface area (Å²) in [6.45, 7) is 0. The molecule has 2 atom stereocenters. The van der Waals surface area contributed by atoms with Gasteiger partial charge in [0.15, 0.2) is 0 Å². The first kappa shape index (κ1) is 11.1. The van der Waals surface area contributed by atoms with Crippen LogP contribution in [0.3, 0.4) is 0 Å². The Balaban J connectivity index is 1.95. The smallest absolute Gasteiger partial charge is 0.321 e. The Kier molecular flexibility index (Phi) is 2.12. The molecule has 2 N–H and O–H groups in total. The van der Waals surface area contributed by atoms with Crippen LogP contribution in [0.4, 0.5) is 13.2 Å². The lowest BCUT2D eigenvalue weighted by Gasteiger charge is -2.17. The highest BCUT2D eigenvalue weighted by molar-refractivity contribution is 5.39. The van der Waals surface area contributed by atoms with E-state index in [-0.39, 0.29) is 0 Å². The number of fused-ring (bicyclic) bond motifs is 1. The van der Waals surface area contributed by atoms with Crippen LogP contribution in [0.15, 0.2) is 24.3 Å². The molecule has 2 unspecified atom stereocenters. The summed E-state index contributed by atoms with van der Waals surface area (Å²) < 4.78 is 37.9. The van der Waals surface area contributed by atoms with E-state index in [2.05, 4.69) is 0 Å². The summed E-state index contributed by atoms with van der Waals surface area (Å²) in [5, 5.41) is 0. The molecule has 0 aliphatic heterocycles. The third-order valence-electron chi connectivity index (χ3n) is 4.32. The minimum Gasteiger partial charge on any atom is -0.321 e. The van der Waals surface area contributed by atoms with Gasteiger partial charge in [-0.05, 0) is 42.4 Å². The van der Waals surface area contributed by atoms with Crippen LogP contribution in [-0.4, -0.2) is 0 Å². The minimum atomic E-state index is -4.28. The predicted octanol–water partition coefficient (Wildman–Crippen LogP) is 3.29. The lowest BCUT2D eigenvalue weighted by atomic mass is 9.95. The summed E-state index contributed by atoms with van der Waals surface area (Å²) in [4.78, 5) is 0. The van der Waals surface area contributed by atoms with Crippen LogP contribution in [0.1, 0.15) is 30.4 Å². The van der Waals surface area contributed by atoms with Crippen molar-refractivity contribution >= 4 is 0 Å². The molecule has 0 aromatic heterocycles. The SMILES string of the molecule is NC1(c2cccc(C(F)(F)F)c2)C2CCCC21. The first-order valence-corrected chi connectivity index (χ1v) is 5.90. The maximum Gasteiger partial charge on any atom is 0.416 e. The molecule has 92 valence electrons. The molecule has 0 amide bonds. The van der Waals surface area contributed by atoms with E-state index in [0.717, 1.165) is 25.3 Å². The highest BCUT2D eigenvalue weighted by Crippen LogP contribution is 2.64. The Bertz CT molecular complexity index is 442. The molecule has 1 aromatic rings. The average Bonchev–Trinajstić information content (AvgIpc) is 2.67. The van der Waals surface area contributed by atoms with Gasteiger partial charge in [0.25, 0.3) is 0 Å². The highest BCUT2D eigenvalue weighted by Gasteiger charge is 2.64. The van der Waals surface area contributed by atoms with Crippen molar-refractivity contribution in [2.45, 2.75) is 31.0 Å². The molecule has 4 heteroatoms. The number of rotatable bonds is 1. The summed E-state index contributed by atoms with van der Waals surface area (Å²) in [5.41, 5.74) is 5.84. The number of nitrogens with two attached hydrogens (primary N) is 1. The Hall–Kier alpha value is -1.03. The molecule has 0 spiro atoms. The maximum atomic E-state index is 12.6. The van der Waals surface area contributed by atoms with Crippen molar-refractivity contribution in [3.8, 4) is 0 Å². The van der Waals surface area contributed by atoms with Gasteiger partial charge in [0.1, 0.15) is 0 Å². The van der Waals surface area contributed by atoms with E-state index in [4.69, 9.17) is 5.73 Å². The molecule has 1 nitrogen and oxygen atoms in total. The van der Waals surface area contributed by atoms with Crippen molar-refractivity contribution in [1.29, 1.82) is 0 Å². The zero-order chi connectivity index (χ0) is 12.3. The molecule has 2 saturated carbocycles. The van der Waals surface area contributed by atoms with Crippen molar-refractivity contribution in [2.24, 2.45) is 17.6 Å². The fourth-order valence-corrected chi connectivity index (χ4v) is 3.39. The van der Waals surface area contributed by atoms with Crippen molar-refractivity contribution < 1.29 is 13.2 Å². The largest absolute Gasteiger partial charge is 0.416 e. The molecule has 2 aliphatic rings. The van der Waals surface area contributed by atoms with Crippen molar-refractivity contribution in [2.75, 3.05) is 0 Å². The summed E-state index contributed by atoms with van der Waals surface area (Å²) in [7, 11) is 0. The van der Waals surface area contributed by atoms with E-state index >= 15 is 0 Å². The van der Waals surface area contributed by atoms with Gasteiger partial charge in [-0.2, -0.15) is 13.2 Å². The molecule has 2 aliphatic carbocycles. The average molecular weight is 241 g/mol. The lowest BCUT2D eigenvalue weighted by Crippen LogP contribution is -2.26. The van der Waals surface area contributed by atoms with Crippen molar-refractivity contribution in [3.63, 3.8) is 0 Å². The van der Waals surface area contributed by atoms with Gasteiger partial charge in [-0.15, -0.1) is 0 Å². The van der Waals surface area contributed by atoms with Gasteiger partial charge >= 0.3 is 6.18 Å². The third kappa shape index (κ3) is 1.50. The minimum absolute atomic E-state index is 0.394. The van der Waals surface area contributed by atoms with Crippen LogP contribution in [-0.2, 0) is 11.7 Å². The first-order chi connectivity index (χ1) is 7.94. The topological polar surface area (TPSA) is 26.0 Å². The second-order valence-electron chi connectivity index (χ2n) is 5.16. The van der Waals surface area contributed by atoms with E-state index in [9.17, 15) is 13.2 Å². The standard InChI is InChI=1S/C13H14F3N/c14-13(15,16)9-4-1-3-8(7-9)12(17)10-5-2-6-11(10)12/h1,3-4,7,10-11H,2,5-6,17H2. The van der Waals surface area contributed by atoms with Crippen LogP contribution in [0.25, 0.3) is 0 Å². The van der Waals surface area contributed by atoms with Gasteiger partial charge in [-0.1, -0.05) is 18.6 Å². The Morgan fingerprint density at radius 3 is 2.41 bits per heavy atom. The number of hydrogen-bond donors (Lipinski definition) is 1. The fraction of sp³-hybridized carbons (Fsp3) is 0.538. The quantitative estimate of drug-likeness (QED) is 0.802. The molecule has 0 radical (unpaired) electrons. The lowest BCUT2D eigenvalue weighted by molar-refractivity contribution is -0.137. The van der Waals surface area contributed by atoms with E-state index in [1.54, 1.807) is 6.07 Å². The predicted molar refractivity (Wildman–Crippen MR) is 58.1 cm³/mol. The summed E-state index contributed by atoms with van der Waals surface area (Å²) >= 11 is 0. The molecule has 2 fully saturated rings. The second-order valence-corrected chi connectivity index (χ2v) is 5.16. The van der Waals surface area contributed by atoms with Gasteiger partial charge < -0.3 is 5.73 Å². The Morgan fingerprint density at radius 2 is 1.82 bits per heavy atom. The molecule has 1 aromatic carbocycles. The van der Waals surface area contributed by atoms with Crippen LogP contribution in [0.2, 0.25) is 0 Å². The second kappa shape index (κ2) is 3.25. The first-order valence-electron chi connectivity index (χ1n) is 5.90. The number of hydrogen-bond acceptors (Lipinski definition) is 1. The van der Waals surface area contributed by atoms with Gasteiger partial charge in [0.05, 0.1) is 5.56 Å². The van der Waals surface area contributed by atoms with E-state index < -0.39 is 17.3 Å². The van der Waals surface area contributed by atoms with Gasteiger partial charge in [-0.3, -0.25) is 0 Å². The highest BCUT2D eigenvalue weighted by atomic mass is 19.4. The molecular weight excluding hydrogens is 227 g/mol. The van der Waals surface area contributed by atoms with Crippen LogP contribution in [0.5, 0.6) is 0 Å². The zero-order valence-electron chi connectivity index (χ0n) is 9.30. The van der Waals surface area contributed by atoms with Crippen LogP contribution in [0, 0.1) is 11.8 Å². The fourth-order valence-electron chi connectivity index (χ4n) is 3.39. The van der Waals surface area contributed by atoms with E-state index in [0.29, 0.717) is 17.4 Å². The summed E-state index contributed by atoms with van der Waals surface area (Å²) in [6.07, 6.45) is -1.02. The Morgan fingerprint density at radius 1 is 1.18 bits per heavy atom. The molecule has 3 rings (SSSR count). The Labute approximate surface area is 97.8 Å². The van der Waals surface area contributed by atoms with Gasteiger partial charge in [-0.25, -0.2) is 0 Å². The number of alkyl halides is 3. The van der Waals surface area contributed by atoms with Gasteiger partial charge in [0.2, 0.25) is 0 Å². The normalized spacial score (nSPS) is 35.8. The van der Waals surface area contributed by atoms with E-state index in [1.807, 2.05) is 0 Å². The third-order valence-corrected chi connectivity index (χ3v) is 4.32. The maximum absolute atomic E-state index is 12.6. The summed E-state index contributed by atoms with van der Waals surface area (Å²) in [6, 6.07) is 5.51. The van der Waals surface area contributed by atoms with E-state index in [1.165, 1.54) is 12.1 Å². The molecule has 0 bridgehead atoms. The summed E-state index contributed by atoms with van der Waals surface area (Å²) in [5.74, 6) is 0.789. The number of benzene rings is 1. The molecule has 0 saturated heterocycles. The van der Waals surface area contributed by atoms with Crippen molar-refractivity contribution in [3.05, 3.63) is 35.4 Å². The van der Waals surface area contributed by atoms with Gasteiger partial charge in [0, 0.05) is 5.54 Å². The number of halogens is 3. The monoisotopic (exact) mass is 241 g/mol. The van der Waals surface area contributed by atoms with Crippen LogP contribution < -0.4 is 5.73 Å². The van der Waals surface area contributed by atoms with Crippen molar-refractivity contribution in [1.82, 2.24) is 0 Å². The molecule has 0 heterocycles. The molecular formula is C13H14F3N. The molecule has 17 heavy (non-hydrogen) atoms. The van der Waals surface area contributed by atoms with Crippen LogP contribution >= 0.6 is 0 Å².